The Bertz CT molecular complexity index is 852. The minimum absolute atomic E-state index is 0.0331. The zero-order valence-corrected chi connectivity index (χ0v) is 16.3. The van der Waals surface area contributed by atoms with E-state index in [1.165, 1.54) is 18.4 Å². The topological polar surface area (TPSA) is 77.2 Å². The molecule has 26 heavy (non-hydrogen) atoms. The van der Waals surface area contributed by atoms with E-state index in [0.717, 1.165) is 18.4 Å². The van der Waals surface area contributed by atoms with E-state index >= 15 is 0 Å². The molecule has 1 aromatic rings. The Morgan fingerprint density at radius 3 is 2.46 bits per heavy atom. The molecular formula is C21H27NO3S. The highest BCUT2D eigenvalue weighted by atomic mass is 32.2. The van der Waals surface area contributed by atoms with E-state index in [1.807, 2.05) is 12.1 Å². The van der Waals surface area contributed by atoms with Crippen LogP contribution in [0.25, 0.3) is 0 Å². The number of hydrogen-bond donors (Lipinski definition) is 1. The fourth-order valence-electron chi connectivity index (χ4n) is 4.54. The lowest BCUT2D eigenvalue weighted by Crippen LogP contribution is -2.31. The Hall–Kier alpha value is -1.72. The van der Waals surface area contributed by atoms with Crippen LogP contribution in [0.15, 0.2) is 47.4 Å². The summed E-state index contributed by atoms with van der Waals surface area (Å²) in [6.45, 7) is 3.81. The number of benzene rings is 1. The number of carbonyl (C=O) groups excluding carboxylic acids is 1. The number of ketones is 1. The van der Waals surface area contributed by atoms with Gasteiger partial charge in [0.15, 0.2) is 5.78 Å². The number of sulfonamides is 1. The van der Waals surface area contributed by atoms with E-state index in [9.17, 15) is 13.2 Å². The fourth-order valence-corrected chi connectivity index (χ4v) is 5.12. The van der Waals surface area contributed by atoms with Crippen molar-refractivity contribution in [3.05, 3.63) is 58.5 Å². The molecule has 5 heteroatoms. The van der Waals surface area contributed by atoms with Crippen LogP contribution in [0.2, 0.25) is 0 Å². The first-order valence-electron chi connectivity index (χ1n) is 9.21. The maximum atomic E-state index is 11.5. The number of rotatable bonds is 5. The van der Waals surface area contributed by atoms with Gasteiger partial charge in [-0.25, -0.2) is 13.6 Å². The molecule has 2 aliphatic carbocycles. The Morgan fingerprint density at radius 1 is 1.23 bits per heavy atom. The second-order valence-electron chi connectivity index (χ2n) is 7.95. The summed E-state index contributed by atoms with van der Waals surface area (Å²) in [6.07, 6.45) is 10.8. The Labute approximate surface area is 156 Å². The maximum Gasteiger partial charge on any atom is 0.237 e. The summed E-state index contributed by atoms with van der Waals surface area (Å²) in [5, 5.41) is 5.24. The summed E-state index contributed by atoms with van der Waals surface area (Å²) < 4.78 is 23.1. The molecule has 3 rings (SSSR count). The summed E-state index contributed by atoms with van der Waals surface area (Å²) in [6, 6.07) is 7.93. The SMILES string of the molecule is CC(=O)c1ccc(C[C@@H]2CCC[C@H]2C2(C)C=CC(S(N)(=O)=O)=CC2)cc1. The maximum absolute atomic E-state index is 11.5. The monoisotopic (exact) mass is 373 g/mol. The lowest BCUT2D eigenvalue weighted by molar-refractivity contribution is 0.101. The van der Waals surface area contributed by atoms with E-state index in [0.29, 0.717) is 18.3 Å². The highest BCUT2D eigenvalue weighted by Crippen LogP contribution is 2.49. The van der Waals surface area contributed by atoms with Crippen LogP contribution in [-0.2, 0) is 16.4 Å². The van der Waals surface area contributed by atoms with Gasteiger partial charge in [0.05, 0.1) is 4.91 Å². The van der Waals surface area contributed by atoms with Gasteiger partial charge in [0.2, 0.25) is 10.0 Å². The molecule has 1 saturated carbocycles. The molecule has 0 heterocycles. The third kappa shape index (κ3) is 3.99. The van der Waals surface area contributed by atoms with Gasteiger partial charge in [-0.05, 0) is 61.5 Å². The van der Waals surface area contributed by atoms with Crippen LogP contribution in [0.5, 0.6) is 0 Å². The van der Waals surface area contributed by atoms with Crippen molar-refractivity contribution in [2.45, 2.75) is 46.0 Å². The summed E-state index contributed by atoms with van der Waals surface area (Å²) in [5.74, 6) is 1.18. The van der Waals surface area contributed by atoms with Gasteiger partial charge in [0, 0.05) is 5.56 Å². The quantitative estimate of drug-likeness (QED) is 0.793. The van der Waals surface area contributed by atoms with E-state index in [1.54, 1.807) is 19.1 Å². The highest BCUT2D eigenvalue weighted by Gasteiger charge is 2.40. The van der Waals surface area contributed by atoms with E-state index in [-0.39, 0.29) is 16.1 Å². The van der Waals surface area contributed by atoms with Gasteiger partial charge in [-0.2, -0.15) is 0 Å². The van der Waals surface area contributed by atoms with Crippen molar-refractivity contribution < 1.29 is 13.2 Å². The molecule has 0 aromatic heterocycles. The molecule has 0 radical (unpaired) electrons. The molecule has 1 aromatic carbocycles. The molecule has 3 atom stereocenters. The van der Waals surface area contributed by atoms with Crippen LogP contribution in [0.3, 0.4) is 0 Å². The van der Waals surface area contributed by atoms with Crippen molar-refractivity contribution in [2.75, 3.05) is 0 Å². The Balaban J connectivity index is 1.73. The van der Waals surface area contributed by atoms with Gasteiger partial charge >= 0.3 is 0 Å². The average Bonchev–Trinajstić information content (AvgIpc) is 3.04. The second kappa shape index (κ2) is 7.12. The normalized spacial score (nSPS) is 28.8. The smallest absolute Gasteiger partial charge is 0.237 e. The average molecular weight is 374 g/mol. The fraction of sp³-hybridized carbons (Fsp3) is 0.476. The molecule has 0 bridgehead atoms. The standard InChI is InChI=1S/C21H27NO3S/c1-15(23)17-8-6-16(7-9-17)14-18-4-3-5-20(18)21(2)12-10-19(11-13-21)26(22,24)25/h6-12,18,20H,3-5,13-14H2,1-2H3,(H2,22,24,25)/t18-,20+,21?/m0/s1. The minimum Gasteiger partial charge on any atom is -0.295 e. The van der Waals surface area contributed by atoms with Gasteiger partial charge in [-0.3, -0.25) is 4.79 Å². The molecule has 2 aliphatic rings. The van der Waals surface area contributed by atoms with Gasteiger partial charge < -0.3 is 0 Å². The van der Waals surface area contributed by atoms with Gasteiger partial charge in [-0.15, -0.1) is 0 Å². The largest absolute Gasteiger partial charge is 0.295 e. The van der Waals surface area contributed by atoms with Crippen molar-refractivity contribution in [3.8, 4) is 0 Å². The second-order valence-corrected chi connectivity index (χ2v) is 9.51. The van der Waals surface area contributed by atoms with Crippen LogP contribution in [0, 0.1) is 17.3 Å². The Kier molecular flexibility index (Phi) is 5.22. The molecule has 1 unspecified atom stereocenters. The first-order valence-corrected chi connectivity index (χ1v) is 10.8. The van der Waals surface area contributed by atoms with Gasteiger partial charge in [-0.1, -0.05) is 49.8 Å². The van der Waals surface area contributed by atoms with Gasteiger partial charge in [0.1, 0.15) is 0 Å². The van der Waals surface area contributed by atoms with Crippen molar-refractivity contribution in [1.29, 1.82) is 0 Å². The highest BCUT2D eigenvalue weighted by molar-refractivity contribution is 7.93. The first-order chi connectivity index (χ1) is 12.2. The third-order valence-corrected chi connectivity index (χ3v) is 7.02. The van der Waals surface area contributed by atoms with E-state index in [2.05, 4.69) is 25.1 Å². The number of allylic oxidation sites excluding steroid dienone is 3. The summed E-state index contributed by atoms with van der Waals surface area (Å²) in [5.41, 5.74) is 1.98. The van der Waals surface area contributed by atoms with Crippen molar-refractivity contribution >= 4 is 15.8 Å². The molecule has 0 saturated heterocycles. The summed E-state index contributed by atoms with van der Waals surface area (Å²) in [7, 11) is -3.63. The van der Waals surface area contributed by atoms with Crippen molar-refractivity contribution in [2.24, 2.45) is 22.4 Å². The molecule has 0 spiro atoms. The number of Topliss-reactive ketones (excluding diaryl/α,β-unsaturated/α-hetero) is 1. The van der Waals surface area contributed by atoms with Crippen molar-refractivity contribution in [3.63, 3.8) is 0 Å². The van der Waals surface area contributed by atoms with E-state index < -0.39 is 10.0 Å². The summed E-state index contributed by atoms with van der Waals surface area (Å²) in [4.78, 5) is 11.7. The van der Waals surface area contributed by atoms with Crippen LogP contribution in [0.4, 0.5) is 0 Å². The lowest BCUT2D eigenvalue weighted by Gasteiger charge is -2.38. The molecule has 2 N–H and O–H groups in total. The molecular weight excluding hydrogens is 346 g/mol. The Morgan fingerprint density at radius 2 is 1.92 bits per heavy atom. The molecule has 4 nitrogen and oxygen atoms in total. The predicted molar refractivity (Wildman–Crippen MR) is 104 cm³/mol. The zero-order chi connectivity index (χ0) is 18.9. The van der Waals surface area contributed by atoms with Crippen LogP contribution < -0.4 is 5.14 Å². The third-order valence-electron chi connectivity index (χ3n) is 6.06. The first kappa shape index (κ1) is 19.1. The zero-order valence-electron chi connectivity index (χ0n) is 15.4. The molecule has 1 fully saturated rings. The summed E-state index contributed by atoms with van der Waals surface area (Å²) >= 11 is 0. The number of nitrogens with two attached hydrogens (primary N) is 1. The predicted octanol–water partition coefficient (Wildman–Crippen LogP) is 3.99. The van der Waals surface area contributed by atoms with Crippen LogP contribution in [0.1, 0.15) is 55.5 Å². The number of hydrogen-bond acceptors (Lipinski definition) is 3. The van der Waals surface area contributed by atoms with Crippen molar-refractivity contribution in [1.82, 2.24) is 0 Å². The minimum atomic E-state index is -3.63. The van der Waals surface area contributed by atoms with E-state index in [4.69, 9.17) is 5.14 Å². The molecule has 0 aliphatic heterocycles. The van der Waals surface area contributed by atoms with Gasteiger partial charge in [0.25, 0.3) is 0 Å². The van der Waals surface area contributed by atoms with Crippen LogP contribution in [-0.4, -0.2) is 14.2 Å². The molecule has 0 amide bonds. The lowest BCUT2D eigenvalue weighted by atomic mass is 9.67. The van der Waals surface area contributed by atoms with Crippen LogP contribution >= 0.6 is 0 Å². The molecule has 140 valence electrons. The number of primary sulfonamides is 1. The number of carbonyl (C=O) groups is 1.